The summed E-state index contributed by atoms with van der Waals surface area (Å²) in [6.45, 7) is 4.46. The van der Waals surface area contributed by atoms with Gasteiger partial charge in [0.1, 0.15) is 5.75 Å². The van der Waals surface area contributed by atoms with Crippen molar-refractivity contribution in [2.75, 3.05) is 6.54 Å². The van der Waals surface area contributed by atoms with Crippen LogP contribution in [-0.2, 0) is 13.1 Å². The van der Waals surface area contributed by atoms with Gasteiger partial charge in [-0.3, -0.25) is 4.68 Å². The molecular formula is C13H15Br2N3O. The van der Waals surface area contributed by atoms with Gasteiger partial charge in [-0.1, -0.05) is 0 Å². The first-order valence-corrected chi connectivity index (χ1v) is 7.51. The third kappa shape index (κ3) is 4.06. The lowest BCUT2D eigenvalue weighted by molar-refractivity contribution is 0.468. The second-order valence-corrected chi connectivity index (χ2v) is 6.07. The number of halogens is 2. The fourth-order valence-corrected chi connectivity index (χ4v) is 3.02. The van der Waals surface area contributed by atoms with Crippen molar-refractivity contribution in [2.45, 2.75) is 20.0 Å². The molecule has 0 aliphatic heterocycles. The number of benzene rings is 1. The zero-order chi connectivity index (χ0) is 13.8. The number of nitrogens with zero attached hydrogens (tertiary/aromatic N) is 2. The van der Waals surface area contributed by atoms with E-state index in [0.717, 1.165) is 25.2 Å². The Bertz CT molecular complexity index is 546. The van der Waals surface area contributed by atoms with E-state index in [1.165, 1.54) is 5.56 Å². The lowest BCUT2D eigenvalue weighted by Gasteiger charge is -2.08. The third-order valence-corrected chi connectivity index (χ3v) is 3.89. The minimum atomic E-state index is 0.232. The first-order chi connectivity index (χ1) is 9.06. The molecule has 2 aromatic rings. The maximum Gasteiger partial charge on any atom is 0.143 e. The Hall–Kier alpha value is -0.850. The first-order valence-electron chi connectivity index (χ1n) is 5.93. The van der Waals surface area contributed by atoms with Gasteiger partial charge in [0, 0.05) is 19.3 Å². The molecule has 6 heteroatoms. The van der Waals surface area contributed by atoms with Crippen LogP contribution in [0.15, 0.2) is 33.5 Å². The first kappa shape index (κ1) is 14.6. The van der Waals surface area contributed by atoms with Crippen LogP contribution >= 0.6 is 31.9 Å². The summed E-state index contributed by atoms with van der Waals surface area (Å²) in [6.07, 6.45) is 3.88. The lowest BCUT2D eigenvalue weighted by Crippen LogP contribution is -2.19. The van der Waals surface area contributed by atoms with Gasteiger partial charge in [0.2, 0.25) is 0 Å². The van der Waals surface area contributed by atoms with Crippen molar-refractivity contribution in [3.63, 3.8) is 0 Å². The molecule has 0 unspecified atom stereocenters. The molecule has 0 fully saturated rings. The van der Waals surface area contributed by atoms with Gasteiger partial charge in [-0.15, -0.1) is 0 Å². The fraction of sp³-hybridized carbons (Fsp3) is 0.308. The van der Waals surface area contributed by atoms with Gasteiger partial charge >= 0.3 is 0 Å². The van der Waals surface area contributed by atoms with Crippen molar-refractivity contribution in [3.8, 4) is 5.75 Å². The van der Waals surface area contributed by atoms with Crippen LogP contribution in [0.5, 0.6) is 5.75 Å². The Labute approximate surface area is 129 Å². The van der Waals surface area contributed by atoms with Crippen LogP contribution in [0.4, 0.5) is 0 Å². The second-order valence-electron chi connectivity index (χ2n) is 4.37. The van der Waals surface area contributed by atoms with E-state index >= 15 is 0 Å². The quantitative estimate of drug-likeness (QED) is 0.773. The van der Waals surface area contributed by atoms with Crippen LogP contribution in [0, 0.1) is 6.92 Å². The normalized spacial score (nSPS) is 10.9. The zero-order valence-corrected chi connectivity index (χ0v) is 13.7. The van der Waals surface area contributed by atoms with E-state index in [1.807, 2.05) is 36.1 Å². The smallest absolute Gasteiger partial charge is 0.143 e. The Morgan fingerprint density at radius 3 is 2.58 bits per heavy atom. The van der Waals surface area contributed by atoms with Crippen molar-refractivity contribution >= 4 is 31.9 Å². The molecule has 0 amide bonds. The molecule has 0 bridgehead atoms. The summed E-state index contributed by atoms with van der Waals surface area (Å²) in [5, 5.41) is 17.2. The highest BCUT2D eigenvalue weighted by molar-refractivity contribution is 9.11. The number of aromatic hydroxyl groups is 1. The van der Waals surface area contributed by atoms with Gasteiger partial charge in [0.25, 0.3) is 0 Å². The third-order valence-electron chi connectivity index (χ3n) is 2.69. The maximum absolute atomic E-state index is 9.63. The summed E-state index contributed by atoms with van der Waals surface area (Å²) in [4.78, 5) is 0. The van der Waals surface area contributed by atoms with Gasteiger partial charge in [-0.2, -0.15) is 5.10 Å². The number of aromatic nitrogens is 2. The van der Waals surface area contributed by atoms with E-state index in [2.05, 4.69) is 42.3 Å². The Morgan fingerprint density at radius 1 is 1.32 bits per heavy atom. The highest BCUT2D eigenvalue weighted by Gasteiger charge is 2.05. The van der Waals surface area contributed by atoms with E-state index in [1.54, 1.807) is 0 Å². The molecule has 102 valence electrons. The molecular weight excluding hydrogens is 374 g/mol. The topological polar surface area (TPSA) is 50.1 Å². The molecule has 1 heterocycles. The molecule has 19 heavy (non-hydrogen) atoms. The number of nitrogens with one attached hydrogen (secondary N) is 1. The SMILES string of the molecule is Cc1cnn(CCNCc2cc(Br)c(O)c(Br)c2)c1. The van der Waals surface area contributed by atoms with Crippen LogP contribution in [0.1, 0.15) is 11.1 Å². The van der Waals surface area contributed by atoms with Gasteiger partial charge in [0.05, 0.1) is 21.7 Å². The monoisotopic (exact) mass is 387 g/mol. The fourth-order valence-electron chi connectivity index (χ4n) is 1.74. The van der Waals surface area contributed by atoms with Crippen molar-refractivity contribution in [1.82, 2.24) is 15.1 Å². The molecule has 0 aliphatic carbocycles. The van der Waals surface area contributed by atoms with Gasteiger partial charge in [0.15, 0.2) is 0 Å². The molecule has 0 saturated carbocycles. The van der Waals surface area contributed by atoms with Crippen LogP contribution in [0.2, 0.25) is 0 Å². The van der Waals surface area contributed by atoms with Crippen LogP contribution in [-0.4, -0.2) is 21.4 Å². The predicted molar refractivity (Wildman–Crippen MR) is 82.2 cm³/mol. The number of phenolic OH excluding ortho intramolecular Hbond substituents is 1. The number of phenols is 1. The van der Waals surface area contributed by atoms with Gasteiger partial charge < -0.3 is 10.4 Å². The highest BCUT2D eigenvalue weighted by Crippen LogP contribution is 2.33. The summed E-state index contributed by atoms with van der Waals surface area (Å²) in [6, 6.07) is 3.82. The van der Waals surface area contributed by atoms with E-state index in [0.29, 0.717) is 8.95 Å². The molecule has 0 saturated heterocycles. The van der Waals surface area contributed by atoms with Crippen LogP contribution < -0.4 is 5.32 Å². The minimum Gasteiger partial charge on any atom is -0.506 e. The summed E-state index contributed by atoms with van der Waals surface area (Å²) < 4.78 is 3.31. The Kier molecular flexibility index (Phi) is 5.01. The molecule has 2 rings (SSSR count). The van der Waals surface area contributed by atoms with Crippen molar-refractivity contribution in [2.24, 2.45) is 0 Å². The lowest BCUT2D eigenvalue weighted by atomic mass is 10.2. The Balaban J connectivity index is 1.83. The standard InChI is InChI=1S/C13H15Br2N3O/c1-9-6-17-18(8-9)3-2-16-7-10-4-11(14)13(19)12(15)5-10/h4-6,8,16,19H,2-3,7H2,1H3. The predicted octanol–water partition coefficient (Wildman–Crippen LogP) is 3.21. The van der Waals surface area contributed by atoms with Crippen LogP contribution in [0.25, 0.3) is 0 Å². The molecule has 0 aliphatic rings. The van der Waals surface area contributed by atoms with Gasteiger partial charge in [-0.05, 0) is 62.0 Å². The largest absolute Gasteiger partial charge is 0.506 e. The van der Waals surface area contributed by atoms with E-state index in [-0.39, 0.29) is 5.75 Å². The summed E-state index contributed by atoms with van der Waals surface area (Å²) in [5.41, 5.74) is 2.28. The molecule has 1 aromatic carbocycles. The molecule has 2 N–H and O–H groups in total. The molecule has 4 nitrogen and oxygen atoms in total. The van der Waals surface area contributed by atoms with Crippen molar-refractivity contribution in [3.05, 3.63) is 44.6 Å². The summed E-state index contributed by atoms with van der Waals surface area (Å²) in [7, 11) is 0. The highest BCUT2D eigenvalue weighted by atomic mass is 79.9. The number of hydrogen-bond acceptors (Lipinski definition) is 3. The average molecular weight is 389 g/mol. The Morgan fingerprint density at radius 2 is 2.00 bits per heavy atom. The molecule has 0 atom stereocenters. The summed E-state index contributed by atoms with van der Waals surface area (Å²) >= 11 is 6.65. The average Bonchev–Trinajstić information content (AvgIpc) is 2.77. The van der Waals surface area contributed by atoms with E-state index < -0.39 is 0 Å². The van der Waals surface area contributed by atoms with Crippen molar-refractivity contribution in [1.29, 1.82) is 0 Å². The molecule has 0 radical (unpaired) electrons. The summed E-state index contributed by atoms with van der Waals surface area (Å²) in [5.74, 6) is 0.232. The van der Waals surface area contributed by atoms with E-state index in [4.69, 9.17) is 0 Å². The van der Waals surface area contributed by atoms with E-state index in [9.17, 15) is 5.11 Å². The second kappa shape index (κ2) is 6.54. The number of hydrogen-bond donors (Lipinski definition) is 2. The number of aryl methyl sites for hydroxylation is 1. The number of rotatable bonds is 5. The minimum absolute atomic E-state index is 0.232. The zero-order valence-electron chi connectivity index (χ0n) is 10.5. The van der Waals surface area contributed by atoms with Gasteiger partial charge in [-0.25, -0.2) is 0 Å². The van der Waals surface area contributed by atoms with Crippen LogP contribution in [0.3, 0.4) is 0 Å². The molecule has 1 aromatic heterocycles. The van der Waals surface area contributed by atoms with Crippen molar-refractivity contribution < 1.29 is 5.11 Å². The maximum atomic E-state index is 9.63. The molecule has 0 spiro atoms.